The van der Waals surface area contributed by atoms with Crippen LogP contribution in [0.2, 0.25) is 0 Å². The summed E-state index contributed by atoms with van der Waals surface area (Å²) in [6, 6.07) is 16.1. The molecule has 0 amide bonds. The van der Waals surface area contributed by atoms with Gasteiger partial charge in [0.15, 0.2) is 0 Å². The average Bonchev–Trinajstić information content (AvgIpc) is 3.25. The Morgan fingerprint density at radius 3 is 1.63 bits per heavy atom. The van der Waals surface area contributed by atoms with Crippen molar-refractivity contribution in [1.29, 1.82) is 0 Å². The van der Waals surface area contributed by atoms with E-state index in [1.54, 1.807) is 0 Å². The second-order valence-electron chi connectivity index (χ2n) is 7.77. The number of cyclic esters (lactones) is 1. The van der Waals surface area contributed by atoms with Crippen molar-refractivity contribution in [3.63, 3.8) is 0 Å². The molecule has 0 saturated heterocycles. The summed E-state index contributed by atoms with van der Waals surface area (Å²) < 4.78 is 10.3. The molecule has 0 spiro atoms. The van der Waals surface area contributed by atoms with Crippen LogP contribution in [0.4, 0.5) is 0 Å². The zero-order valence-electron chi connectivity index (χ0n) is 17.1. The number of halogens is 2. The van der Waals surface area contributed by atoms with Crippen molar-refractivity contribution in [3.8, 4) is 0 Å². The minimum atomic E-state index is -1.31. The maximum atomic E-state index is 12.7. The molecule has 1 aliphatic heterocycles. The minimum absolute atomic E-state index is 0.0728. The Morgan fingerprint density at radius 2 is 1.23 bits per heavy atom. The van der Waals surface area contributed by atoms with Gasteiger partial charge >= 0.3 is 5.97 Å². The summed E-state index contributed by atoms with van der Waals surface area (Å²) in [7, 11) is 4.00. The highest BCUT2D eigenvalue weighted by Crippen LogP contribution is 2.55. The molecule has 4 aromatic rings. The van der Waals surface area contributed by atoms with Gasteiger partial charge in [-0.25, -0.2) is 4.79 Å². The zero-order chi connectivity index (χ0) is 21.4. The van der Waals surface area contributed by atoms with Gasteiger partial charge in [-0.2, -0.15) is 0 Å². The number of aromatic nitrogens is 2. The van der Waals surface area contributed by atoms with Crippen LogP contribution >= 0.6 is 23.2 Å². The van der Waals surface area contributed by atoms with E-state index in [0.29, 0.717) is 0 Å². The number of carbonyl (C=O) groups excluding carboxylic acids is 1. The lowest BCUT2D eigenvalue weighted by Gasteiger charge is -2.30. The smallest absolute Gasteiger partial charge is 0.352 e. The molecule has 0 atom stereocenters. The van der Waals surface area contributed by atoms with E-state index in [1.807, 2.05) is 76.5 Å². The van der Waals surface area contributed by atoms with Crippen LogP contribution in [0.25, 0.3) is 21.8 Å². The first-order chi connectivity index (χ1) is 14.3. The standard InChI is InChI=1S/C24H20Cl2N2O2/c1-13-19(15-9-5-7-11-17(15)27(13)3)24(22(26)21(25)23(29)30-24)20-14(2)28(4)18-12-8-6-10-16(18)20/h5-12H,1-4H3. The minimum Gasteiger partial charge on any atom is -0.439 e. The lowest BCUT2D eigenvalue weighted by molar-refractivity contribution is -0.144. The van der Waals surface area contributed by atoms with Gasteiger partial charge in [0, 0.05) is 58.4 Å². The molecule has 6 heteroatoms. The second kappa shape index (κ2) is 6.40. The Hall–Kier alpha value is -2.69. The quantitative estimate of drug-likeness (QED) is 0.372. The van der Waals surface area contributed by atoms with Crippen molar-refractivity contribution in [3.05, 3.63) is 81.1 Å². The summed E-state index contributed by atoms with van der Waals surface area (Å²) in [5.74, 6) is -0.610. The van der Waals surface area contributed by atoms with Gasteiger partial charge in [0.1, 0.15) is 5.03 Å². The van der Waals surface area contributed by atoms with E-state index < -0.39 is 11.6 Å². The summed E-state index contributed by atoms with van der Waals surface area (Å²) in [6.45, 7) is 4.03. The molecular formula is C24H20Cl2N2O2. The molecular weight excluding hydrogens is 419 g/mol. The Morgan fingerprint density at radius 1 is 0.800 bits per heavy atom. The molecule has 30 heavy (non-hydrogen) atoms. The topological polar surface area (TPSA) is 36.2 Å². The number of aryl methyl sites for hydroxylation is 2. The fourth-order valence-electron chi connectivity index (χ4n) is 4.85. The van der Waals surface area contributed by atoms with E-state index in [1.165, 1.54) is 0 Å². The van der Waals surface area contributed by atoms with Crippen LogP contribution in [0, 0.1) is 13.8 Å². The molecule has 5 rings (SSSR count). The van der Waals surface area contributed by atoms with Gasteiger partial charge in [-0.3, -0.25) is 0 Å². The summed E-state index contributed by atoms with van der Waals surface area (Å²) in [6.07, 6.45) is 0. The average molecular weight is 439 g/mol. The van der Waals surface area contributed by atoms with Crippen LogP contribution in [-0.2, 0) is 29.2 Å². The van der Waals surface area contributed by atoms with Gasteiger partial charge in [0.05, 0.1) is 5.03 Å². The first-order valence-corrected chi connectivity index (χ1v) is 10.4. The van der Waals surface area contributed by atoms with E-state index in [4.69, 9.17) is 27.9 Å². The van der Waals surface area contributed by atoms with Crippen LogP contribution in [-0.4, -0.2) is 15.1 Å². The number of ether oxygens (including phenoxy) is 1. The third-order valence-corrected chi connectivity index (χ3v) is 7.33. The molecule has 3 heterocycles. The van der Waals surface area contributed by atoms with E-state index in [-0.39, 0.29) is 10.1 Å². The van der Waals surface area contributed by atoms with Gasteiger partial charge in [0.25, 0.3) is 0 Å². The maximum Gasteiger partial charge on any atom is 0.352 e. The number of hydrogen-bond acceptors (Lipinski definition) is 2. The van der Waals surface area contributed by atoms with Crippen molar-refractivity contribution in [2.75, 3.05) is 0 Å². The molecule has 2 aromatic carbocycles. The molecule has 2 aromatic heterocycles. The highest BCUT2D eigenvalue weighted by Gasteiger charge is 2.54. The Labute approximate surface area is 184 Å². The van der Waals surface area contributed by atoms with Crippen molar-refractivity contribution in [2.45, 2.75) is 19.4 Å². The number of rotatable bonds is 2. The van der Waals surface area contributed by atoms with Gasteiger partial charge < -0.3 is 13.9 Å². The first kappa shape index (κ1) is 19.3. The van der Waals surface area contributed by atoms with Crippen LogP contribution in [0.1, 0.15) is 22.5 Å². The fourth-order valence-corrected chi connectivity index (χ4v) is 5.33. The number of fused-ring (bicyclic) bond motifs is 2. The normalized spacial score (nSPS) is 16.1. The van der Waals surface area contributed by atoms with Gasteiger partial charge in [0.2, 0.25) is 5.60 Å². The second-order valence-corrected chi connectivity index (χ2v) is 8.53. The van der Waals surface area contributed by atoms with Crippen LogP contribution < -0.4 is 0 Å². The number of para-hydroxylation sites is 2. The van der Waals surface area contributed by atoms with Crippen LogP contribution in [0.3, 0.4) is 0 Å². The third kappa shape index (κ3) is 2.21. The molecule has 0 radical (unpaired) electrons. The Balaban J connectivity index is 2.02. The molecule has 0 unspecified atom stereocenters. The van der Waals surface area contributed by atoms with Crippen molar-refractivity contribution in [2.24, 2.45) is 14.1 Å². The fraction of sp³-hybridized carbons (Fsp3) is 0.208. The first-order valence-electron chi connectivity index (χ1n) is 9.68. The van der Waals surface area contributed by atoms with Crippen molar-refractivity contribution >= 4 is 51.0 Å². The molecule has 0 saturated carbocycles. The zero-order valence-corrected chi connectivity index (χ0v) is 18.6. The largest absolute Gasteiger partial charge is 0.439 e. The monoisotopic (exact) mass is 438 g/mol. The van der Waals surface area contributed by atoms with Crippen LogP contribution in [0.15, 0.2) is 58.6 Å². The summed E-state index contributed by atoms with van der Waals surface area (Å²) in [5.41, 5.74) is 4.35. The highest BCUT2D eigenvalue weighted by atomic mass is 35.5. The predicted molar refractivity (Wildman–Crippen MR) is 121 cm³/mol. The number of hydrogen-bond donors (Lipinski definition) is 0. The SMILES string of the molecule is Cc1c(C2(c3c(C)n(C)c4ccccc34)OC(=O)C(Cl)=C2Cl)c2ccccc2n1C. The van der Waals surface area contributed by atoms with Crippen molar-refractivity contribution in [1.82, 2.24) is 9.13 Å². The van der Waals surface area contributed by atoms with Gasteiger partial charge in [-0.15, -0.1) is 0 Å². The predicted octanol–water partition coefficient (Wildman–Crippen LogP) is 5.78. The Bertz CT molecular complexity index is 1320. The van der Waals surface area contributed by atoms with Crippen LogP contribution in [0.5, 0.6) is 0 Å². The number of carbonyl (C=O) groups is 1. The number of esters is 1. The van der Waals surface area contributed by atoms with E-state index in [9.17, 15) is 4.79 Å². The van der Waals surface area contributed by atoms with E-state index in [2.05, 4.69) is 9.13 Å². The van der Waals surface area contributed by atoms with Gasteiger partial charge in [-0.05, 0) is 26.0 Å². The number of nitrogens with zero attached hydrogens (tertiary/aromatic N) is 2. The summed E-state index contributed by atoms with van der Waals surface area (Å²) in [4.78, 5) is 12.7. The number of benzene rings is 2. The third-order valence-electron chi connectivity index (χ3n) is 6.43. The highest BCUT2D eigenvalue weighted by molar-refractivity contribution is 6.49. The molecule has 0 aliphatic carbocycles. The lowest BCUT2D eigenvalue weighted by Crippen LogP contribution is -2.31. The van der Waals surface area contributed by atoms with Gasteiger partial charge in [-0.1, -0.05) is 59.6 Å². The molecule has 4 nitrogen and oxygen atoms in total. The summed E-state index contributed by atoms with van der Waals surface area (Å²) in [5, 5.41) is 2.08. The molecule has 0 fully saturated rings. The molecule has 0 bridgehead atoms. The van der Waals surface area contributed by atoms with E-state index >= 15 is 0 Å². The molecule has 0 N–H and O–H groups in total. The summed E-state index contributed by atoms with van der Waals surface area (Å²) >= 11 is 13.3. The van der Waals surface area contributed by atoms with E-state index in [0.717, 1.165) is 44.3 Å². The molecule has 1 aliphatic rings. The maximum absolute atomic E-state index is 12.7. The Kier molecular flexibility index (Phi) is 4.12. The van der Waals surface area contributed by atoms with Crippen molar-refractivity contribution < 1.29 is 9.53 Å². The lowest BCUT2D eigenvalue weighted by atomic mass is 9.82. The molecule has 152 valence electrons.